The fraction of sp³-hybridized carbons (Fsp3) is 0.143. The molecule has 2 heterocycles. The smallest absolute Gasteiger partial charge is 0.203 e. The van der Waals surface area contributed by atoms with Crippen LogP contribution >= 0.6 is 45.5 Å². The summed E-state index contributed by atoms with van der Waals surface area (Å²) in [5.74, 6) is 0.873. The topological polar surface area (TPSA) is 35.0 Å². The van der Waals surface area contributed by atoms with Crippen molar-refractivity contribution in [2.24, 2.45) is 0 Å². The average Bonchev–Trinajstić information content (AvgIpc) is 2.71. The van der Waals surface area contributed by atoms with Gasteiger partial charge in [0, 0.05) is 22.6 Å². The normalized spacial score (nSPS) is 10.3. The Hall–Kier alpha value is -0.210. The van der Waals surface area contributed by atoms with Crippen LogP contribution in [0.5, 0.6) is 5.75 Å². The molecule has 0 saturated carbocycles. The highest BCUT2D eigenvalue weighted by atomic mass is 127. The summed E-state index contributed by atoms with van der Waals surface area (Å²) in [6.45, 7) is 0. The second-order valence-electron chi connectivity index (χ2n) is 2.19. The molecular weight excluding hydrogens is 319 g/mol. The van der Waals surface area contributed by atoms with Crippen molar-refractivity contribution in [3.63, 3.8) is 0 Å². The van der Waals surface area contributed by atoms with E-state index in [1.807, 2.05) is 11.4 Å². The van der Waals surface area contributed by atoms with Crippen LogP contribution in [-0.2, 0) is 0 Å². The van der Waals surface area contributed by atoms with Crippen molar-refractivity contribution < 1.29 is 4.74 Å². The molecule has 0 spiro atoms. The van der Waals surface area contributed by atoms with Gasteiger partial charge >= 0.3 is 0 Å². The minimum Gasteiger partial charge on any atom is -0.495 e. The van der Waals surface area contributed by atoms with Crippen LogP contribution in [0.1, 0.15) is 0 Å². The molecule has 0 atom stereocenters. The first-order valence-corrected chi connectivity index (χ1v) is 6.15. The van der Waals surface area contributed by atoms with Crippen LogP contribution in [0, 0.1) is 3.83 Å². The highest BCUT2D eigenvalue weighted by Gasteiger charge is 2.11. The first-order valence-electron chi connectivity index (χ1n) is 3.42. The monoisotopic (exact) mass is 324 g/mol. The van der Waals surface area contributed by atoms with Gasteiger partial charge in [-0.15, -0.1) is 11.3 Å². The van der Waals surface area contributed by atoms with Gasteiger partial charge < -0.3 is 4.74 Å². The maximum Gasteiger partial charge on any atom is 0.203 e. The van der Waals surface area contributed by atoms with Crippen LogP contribution < -0.4 is 4.74 Å². The van der Waals surface area contributed by atoms with Gasteiger partial charge in [-0.1, -0.05) is 0 Å². The van der Waals surface area contributed by atoms with Crippen LogP contribution in [0.25, 0.3) is 9.88 Å². The number of aromatic nitrogens is 2. The Morgan fingerprint density at radius 1 is 1.54 bits per heavy atom. The van der Waals surface area contributed by atoms with Crippen molar-refractivity contribution in [3.05, 3.63) is 15.3 Å². The van der Waals surface area contributed by atoms with Gasteiger partial charge in [-0.2, -0.15) is 4.37 Å². The molecule has 0 saturated heterocycles. The molecule has 2 rings (SSSR count). The molecule has 0 aliphatic rings. The van der Waals surface area contributed by atoms with Crippen LogP contribution in [0.3, 0.4) is 0 Å². The number of hydrogen-bond acceptors (Lipinski definition) is 5. The van der Waals surface area contributed by atoms with Crippen molar-refractivity contribution in [1.82, 2.24) is 9.36 Å². The summed E-state index contributed by atoms with van der Waals surface area (Å²) in [7, 11) is 1.66. The van der Waals surface area contributed by atoms with Crippen molar-refractivity contribution in [2.75, 3.05) is 7.11 Å². The Kier molecular flexibility index (Phi) is 2.80. The third kappa shape index (κ3) is 1.84. The Bertz CT molecular complexity index is 412. The van der Waals surface area contributed by atoms with Crippen molar-refractivity contribution in [3.8, 4) is 15.6 Å². The van der Waals surface area contributed by atoms with Gasteiger partial charge in [-0.3, -0.25) is 0 Å². The molecule has 2 aromatic heterocycles. The first kappa shape index (κ1) is 9.35. The molecule has 3 nitrogen and oxygen atoms in total. The van der Waals surface area contributed by atoms with Gasteiger partial charge in [0.25, 0.3) is 0 Å². The number of hydrogen-bond donors (Lipinski definition) is 0. The largest absolute Gasteiger partial charge is 0.495 e. The third-order valence-corrected chi connectivity index (χ3v) is 4.02. The average molecular weight is 324 g/mol. The summed E-state index contributed by atoms with van der Waals surface area (Å²) in [5, 5.41) is 2.92. The van der Waals surface area contributed by atoms with Crippen molar-refractivity contribution in [2.45, 2.75) is 0 Å². The van der Waals surface area contributed by atoms with Crippen molar-refractivity contribution in [1.29, 1.82) is 0 Å². The van der Waals surface area contributed by atoms with E-state index in [1.165, 1.54) is 11.5 Å². The lowest BCUT2D eigenvalue weighted by Crippen LogP contribution is -1.81. The molecule has 0 unspecified atom stereocenters. The molecule has 0 aliphatic carbocycles. The molecule has 0 amide bonds. The van der Waals surface area contributed by atoms with Crippen LogP contribution in [0.15, 0.2) is 11.4 Å². The van der Waals surface area contributed by atoms with E-state index in [0.717, 1.165) is 19.5 Å². The van der Waals surface area contributed by atoms with E-state index in [9.17, 15) is 0 Å². The molecule has 0 radical (unpaired) electrons. The molecule has 6 heteroatoms. The molecule has 13 heavy (non-hydrogen) atoms. The fourth-order valence-corrected chi connectivity index (χ4v) is 3.12. The van der Waals surface area contributed by atoms with Gasteiger partial charge in [0.1, 0.15) is 10.6 Å². The molecule has 0 bridgehead atoms. The summed E-state index contributed by atoms with van der Waals surface area (Å²) in [4.78, 5) is 5.34. The lowest BCUT2D eigenvalue weighted by atomic mass is 10.4. The highest BCUT2D eigenvalue weighted by molar-refractivity contribution is 14.1. The molecule has 0 aliphatic heterocycles. The van der Waals surface area contributed by atoms with Gasteiger partial charge in [0.2, 0.25) is 3.83 Å². The quantitative estimate of drug-likeness (QED) is 0.797. The second-order valence-corrected chi connectivity index (χ2v) is 4.82. The van der Waals surface area contributed by atoms with E-state index < -0.39 is 0 Å². The predicted octanol–water partition coefficient (Wildman–Crippen LogP) is 2.88. The number of halogens is 1. The maximum absolute atomic E-state index is 5.20. The molecule has 2 aromatic rings. The van der Waals surface area contributed by atoms with E-state index in [-0.39, 0.29) is 0 Å². The van der Waals surface area contributed by atoms with Gasteiger partial charge in [0.05, 0.1) is 7.11 Å². The lowest BCUT2D eigenvalue weighted by molar-refractivity contribution is 0.418. The molecule has 0 aromatic carbocycles. The van der Waals surface area contributed by atoms with E-state index in [1.54, 1.807) is 18.4 Å². The molecule has 0 fully saturated rings. The third-order valence-electron chi connectivity index (χ3n) is 1.44. The summed E-state index contributed by atoms with van der Waals surface area (Å²) < 4.78 is 10.1. The van der Waals surface area contributed by atoms with E-state index in [2.05, 4.69) is 31.9 Å². The second kappa shape index (κ2) is 3.89. The van der Waals surface area contributed by atoms with Gasteiger partial charge in [-0.05, 0) is 23.0 Å². The van der Waals surface area contributed by atoms with E-state index in [4.69, 9.17) is 4.74 Å². The van der Waals surface area contributed by atoms with Crippen LogP contribution in [0.2, 0.25) is 0 Å². The Morgan fingerprint density at radius 2 is 2.38 bits per heavy atom. The zero-order chi connectivity index (χ0) is 9.26. The summed E-state index contributed by atoms with van der Waals surface area (Å²) >= 11 is 5.12. The minimum atomic E-state index is 0.785. The van der Waals surface area contributed by atoms with Crippen LogP contribution in [-0.4, -0.2) is 16.5 Å². The number of ether oxygens (including phenoxy) is 1. The Morgan fingerprint density at radius 3 is 3.00 bits per heavy atom. The standard InChI is InChI=1S/C7H5IN2OS2/c1-11-4-2-3-12-5(4)6-9-7(8)10-13-6/h2-3H,1H3. The van der Waals surface area contributed by atoms with E-state index >= 15 is 0 Å². The molecular formula is C7H5IN2OS2. The van der Waals surface area contributed by atoms with Crippen molar-refractivity contribution >= 4 is 45.5 Å². The maximum atomic E-state index is 5.20. The van der Waals surface area contributed by atoms with Gasteiger partial charge in [0.15, 0.2) is 5.01 Å². The number of thiophene rings is 1. The zero-order valence-electron chi connectivity index (χ0n) is 6.65. The Labute approximate surface area is 97.1 Å². The lowest BCUT2D eigenvalue weighted by Gasteiger charge is -1.96. The number of methoxy groups -OCH3 is 1. The molecule has 68 valence electrons. The minimum absolute atomic E-state index is 0.785. The number of nitrogens with zero attached hydrogens (tertiary/aromatic N) is 2. The summed E-state index contributed by atoms with van der Waals surface area (Å²) in [6, 6.07) is 1.94. The van der Waals surface area contributed by atoms with Crippen LogP contribution in [0.4, 0.5) is 0 Å². The zero-order valence-corrected chi connectivity index (χ0v) is 10.4. The summed E-state index contributed by atoms with van der Waals surface area (Å²) in [5.41, 5.74) is 0. The molecule has 0 N–H and O–H groups in total. The fourth-order valence-electron chi connectivity index (χ4n) is 0.912. The highest BCUT2D eigenvalue weighted by Crippen LogP contribution is 2.36. The number of rotatable bonds is 2. The summed E-state index contributed by atoms with van der Waals surface area (Å²) in [6.07, 6.45) is 0. The first-order chi connectivity index (χ1) is 6.31. The Balaban J connectivity index is 2.45. The predicted molar refractivity (Wildman–Crippen MR) is 62.5 cm³/mol. The SMILES string of the molecule is COc1ccsc1-c1nc(I)ns1. The van der Waals surface area contributed by atoms with E-state index in [0.29, 0.717) is 0 Å². The van der Waals surface area contributed by atoms with Gasteiger partial charge in [-0.25, -0.2) is 4.98 Å².